The number of H-pyrrole nitrogens is 1. The molecule has 0 aliphatic carbocycles. The Morgan fingerprint density at radius 2 is 2.24 bits per heavy atom. The summed E-state index contributed by atoms with van der Waals surface area (Å²) in [6.07, 6.45) is 1.39. The Morgan fingerprint density at radius 3 is 2.95 bits per heavy atom. The van der Waals surface area contributed by atoms with Crippen molar-refractivity contribution < 1.29 is 9.21 Å². The summed E-state index contributed by atoms with van der Waals surface area (Å²) in [5.41, 5.74) is 0.978. The van der Waals surface area contributed by atoms with Gasteiger partial charge in [0.05, 0.1) is 5.56 Å². The number of hydrogen-bond acceptors (Lipinski definition) is 5. The van der Waals surface area contributed by atoms with Crippen molar-refractivity contribution in [1.82, 2.24) is 15.2 Å². The number of rotatable bonds is 3. The van der Waals surface area contributed by atoms with E-state index >= 15 is 0 Å². The minimum absolute atomic E-state index is 0.264. The lowest BCUT2D eigenvalue weighted by Crippen LogP contribution is -2.13. The molecule has 3 rings (SSSR count). The van der Waals surface area contributed by atoms with Crippen LogP contribution in [0.5, 0.6) is 0 Å². The number of nitrogens with one attached hydrogen (secondary N) is 2. The molecule has 0 saturated carbocycles. The van der Waals surface area contributed by atoms with E-state index in [4.69, 9.17) is 16.0 Å². The van der Waals surface area contributed by atoms with Crippen LogP contribution in [0.25, 0.3) is 11.0 Å². The van der Waals surface area contributed by atoms with Gasteiger partial charge in [-0.3, -0.25) is 10.1 Å². The lowest BCUT2D eigenvalue weighted by Gasteiger charge is -2.03. The molecule has 2 N–H and O–H groups in total. The number of fused-ring (bicyclic) bond motifs is 1. The maximum absolute atomic E-state index is 12.3. The lowest BCUT2D eigenvalue weighted by atomic mass is 10.1. The molecule has 0 unspecified atom stereocenters. The molecule has 0 aliphatic heterocycles. The summed E-state index contributed by atoms with van der Waals surface area (Å²) >= 11 is 5.94. The van der Waals surface area contributed by atoms with Crippen LogP contribution in [0, 0.1) is 0 Å². The van der Waals surface area contributed by atoms with Gasteiger partial charge < -0.3 is 9.32 Å². The van der Waals surface area contributed by atoms with Gasteiger partial charge in [-0.2, -0.15) is 4.98 Å². The second kappa shape index (κ2) is 5.10. The number of nitrogens with zero attached hydrogens (tertiary/aromatic N) is 3. The largest absolute Gasteiger partial charge is 0.463 e. The second-order valence-corrected chi connectivity index (χ2v) is 5.06. The molecule has 0 aliphatic rings. The normalized spacial score (nSPS) is 10.8. The number of hydrogen-bond donors (Lipinski definition) is 2. The predicted molar refractivity (Wildman–Crippen MR) is 79.9 cm³/mol. The van der Waals surface area contributed by atoms with E-state index < -0.39 is 0 Å². The molecule has 0 atom stereocenters. The molecule has 0 fully saturated rings. The summed E-state index contributed by atoms with van der Waals surface area (Å²) in [6, 6.07) is 5.10. The number of aromatic amines is 1. The van der Waals surface area contributed by atoms with Gasteiger partial charge in [-0.05, 0) is 18.2 Å². The van der Waals surface area contributed by atoms with Crippen molar-refractivity contribution in [2.24, 2.45) is 0 Å². The van der Waals surface area contributed by atoms with Crippen LogP contribution in [-0.2, 0) is 0 Å². The molecular formula is C13H12ClN5O2. The van der Waals surface area contributed by atoms with Gasteiger partial charge in [-0.1, -0.05) is 11.6 Å². The van der Waals surface area contributed by atoms with Crippen LogP contribution in [0.1, 0.15) is 10.4 Å². The molecular weight excluding hydrogens is 294 g/mol. The van der Waals surface area contributed by atoms with Crippen molar-refractivity contribution in [1.29, 1.82) is 0 Å². The van der Waals surface area contributed by atoms with Gasteiger partial charge in [-0.15, -0.1) is 5.10 Å². The fourth-order valence-electron chi connectivity index (χ4n) is 1.86. The molecule has 1 amide bonds. The van der Waals surface area contributed by atoms with E-state index in [0.29, 0.717) is 27.5 Å². The summed E-state index contributed by atoms with van der Waals surface area (Å²) in [5, 5.41) is 10.4. The topological polar surface area (TPSA) is 87.0 Å². The van der Waals surface area contributed by atoms with E-state index in [1.165, 1.54) is 6.26 Å². The number of furan rings is 1. The van der Waals surface area contributed by atoms with Gasteiger partial charge in [-0.25, -0.2) is 5.10 Å². The number of carbonyl (C=O) groups excluding carboxylic acids is 1. The monoisotopic (exact) mass is 305 g/mol. The van der Waals surface area contributed by atoms with Crippen LogP contribution < -0.4 is 10.2 Å². The van der Waals surface area contributed by atoms with Crippen molar-refractivity contribution in [3.63, 3.8) is 0 Å². The van der Waals surface area contributed by atoms with Crippen molar-refractivity contribution in [3.8, 4) is 0 Å². The molecule has 7 nitrogen and oxygen atoms in total. The zero-order chi connectivity index (χ0) is 15.0. The third-order valence-electron chi connectivity index (χ3n) is 2.89. The van der Waals surface area contributed by atoms with Crippen molar-refractivity contribution in [2.45, 2.75) is 0 Å². The zero-order valence-electron chi connectivity index (χ0n) is 11.3. The van der Waals surface area contributed by atoms with Gasteiger partial charge in [0, 0.05) is 24.5 Å². The van der Waals surface area contributed by atoms with E-state index in [9.17, 15) is 4.79 Å². The Kier molecular flexibility index (Phi) is 3.26. The molecule has 108 valence electrons. The second-order valence-electron chi connectivity index (χ2n) is 4.62. The first-order valence-corrected chi connectivity index (χ1v) is 6.50. The molecule has 0 radical (unpaired) electrons. The maximum Gasteiger partial charge on any atom is 0.261 e. The molecule has 8 heteroatoms. The Bertz CT molecular complexity index is 808. The Morgan fingerprint density at radius 1 is 1.43 bits per heavy atom. The van der Waals surface area contributed by atoms with Crippen molar-refractivity contribution in [2.75, 3.05) is 24.3 Å². The minimum atomic E-state index is -0.350. The average molecular weight is 306 g/mol. The summed E-state index contributed by atoms with van der Waals surface area (Å²) in [5.74, 6) is 0.392. The van der Waals surface area contributed by atoms with E-state index in [-0.39, 0.29) is 11.9 Å². The highest BCUT2D eigenvalue weighted by atomic mass is 35.5. The van der Waals surface area contributed by atoms with E-state index in [2.05, 4.69) is 20.5 Å². The van der Waals surface area contributed by atoms with Crippen LogP contribution in [0.3, 0.4) is 0 Å². The summed E-state index contributed by atoms with van der Waals surface area (Å²) in [6.45, 7) is 0. The number of benzene rings is 1. The Labute approximate surface area is 124 Å². The van der Waals surface area contributed by atoms with Crippen molar-refractivity contribution in [3.05, 3.63) is 35.0 Å². The molecule has 2 heterocycles. The van der Waals surface area contributed by atoms with Gasteiger partial charge in [0.2, 0.25) is 11.9 Å². The molecule has 0 spiro atoms. The number of amides is 1. The molecule has 0 saturated heterocycles. The van der Waals surface area contributed by atoms with Crippen LogP contribution in [0.15, 0.2) is 28.9 Å². The summed E-state index contributed by atoms with van der Waals surface area (Å²) in [7, 11) is 3.61. The number of carbonyl (C=O) groups is 1. The summed E-state index contributed by atoms with van der Waals surface area (Å²) in [4.78, 5) is 18.1. The summed E-state index contributed by atoms with van der Waals surface area (Å²) < 4.78 is 5.33. The van der Waals surface area contributed by atoms with Crippen LogP contribution >= 0.6 is 11.6 Å². The predicted octanol–water partition coefficient (Wildman–Crippen LogP) is 2.52. The lowest BCUT2D eigenvalue weighted by molar-refractivity contribution is 0.102. The first kappa shape index (κ1) is 13.4. The highest BCUT2D eigenvalue weighted by Gasteiger charge is 2.16. The number of anilines is 2. The fourth-order valence-corrected chi connectivity index (χ4v) is 2.03. The molecule has 0 bridgehead atoms. The van der Waals surface area contributed by atoms with Gasteiger partial charge in [0.15, 0.2) is 0 Å². The van der Waals surface area contributed by atoms with E-state index in [1.807, 2.05) is 0 Å². The highest BCUT2D eigenvalue weighted by Crippen LogP contribution is 2.25. The molecule has 3 aromatic rings. The third-order valence-corrected chi connectivity index (χ3v) is 3.12. The third kappa shape index (κ3) is 2.55. The molecule has 2 aromatic heterocycles. The highest BCUT2D eigenvalue weighted by molar-refractivity contribution is 6.31. The van der Waals surface area contributed by atoms with Gasteiger partial charge in [0.25, 0.3) is 5.91 Å². The Hall–Kier alpha value is -2.54. The quantitative estimate of drug-likeness (QED) is 0.776. The van der Waals surface area contributed by atoms with Crippen molar-refractivity contribution >= 4 is 40.4 Å². The SMILES string of the molecule is CN(C)c1n[nH]c(NC(=O)c2coc3ccc(Cl)cc23)n1. The molecule has 21 heavy (non-hydrogen) atoms. The van der Waals surface area contributed by atoms with Gasteiger partial charge >= 0.3 is 0 Å². The van der Waals surface area contributed by atoms with Gasteiger partial charge in [0.1, 0.15) is 11.8 Å². The van der Waals surface area contributed by atoms with E-state index in [1.54, 1.807) is 37.2 Å². The van der Waals surface area contributed by atoms with Crippen LogP contribution in [0.2, 0.25) is 5.02 Å². The standard InChI is InChI=1S/C13H12ClN5O2/c1-19(2)13-16-12(17-18-13)15-11(20)9-6-21-10-4-3-7(14)5-8(9)10/h3-6H,1-2H3,(H2,15,16,17,18,20). The average Bonchev–Trinajstić information content (AvgIpc) is 3.04. The number of halogens is 1. The first-order chi connectivity index (χ1) is 10.0. The maximum atomic E-state index is 12.3. The van der Waals surface area contributed by atoms with Crippen LogP contribution in [0.4, 0.5) is 11.9 Å². The number of aromatic nitrogens is 3. The zero-order valence-corrected chi connectivity index (χ0v) is 12.1. The Balaban J connectivity index is 1.88. The fraction of sp³-hybridized carbons (Fsp3) is 0.154. The van der Waals surface area contributed by atoms with Crippen LogP contribution in [-0.4, -0.2) is 35.2 Å². The smallest absolute Gasteiger partial charge is 0.261 e. The minimum Gasteiger partial charge on any atom is -0.463 e. The molecule has 1 aromatic carbocycles. The van der Waals surface area contributed by atoms with E-state index in [0.717, 1.165) is 0 Å². The first-order valence-electron chi connectivity index (χ1n) is 6.12.